The van der Waals surface area contributed by atoms with Gasteiger partial charge < -0.3 is 20.5 Å². The van der Waals surface area contributed by atoms with Crippen molar-refractivity contribution in [3.63, 3.8) is 0 Å². The van der Waals surface area contributed by atoms with E-state index < -0.39 is 23.9 Å². The SMILES string of the molecule is CCOC(=O)CCN/C=C(/C#N)C(=O)NC(C(=O)O)C(C)C. The maximum atomic E-state index is 11.8. The highest BCUT2D eigenvalue weighted by molar-refractivity contribution is 5.99. The molecule has 0 aliphatic rings. The number of nitrogens with zero attached hydrogens (tertiary/aromatic N) is 1. The highest BCUT2D eigenvalue weighted by Gasteiger charge is 2.24. The van der Waals surface area contributed by atoms with E-state index in [1.807, 2.05) is 0 Å². The molecule has 122 valence electrons. The van der Waals surface area contributed by atoms with Crippen molar-refractivity contribution < 1.29 is 24.2 Å². The van der Waals surface area contributed by atoms with E-state index in [1.165, 1.54) is 0 Å². The molecule has 3 N–H and O–H groups in total. The molecule has 0 aromatic carbocycles. The van der Waals surface area contributed by atoms with Crippen molar-refractivity contribution >= 4 is 17.8 Å². The monoisotopic (exact) mass is 311 g/mol. The van der Waals surface area contributed by atoms with Gasteiger partial charge in [-0.15, -0.1) is 0 Å². The minimum atomic E-state index is -1.17. The van der Waals surface area contributed by atoms with Crippen LogP contribution in [0.4, 0.5) is 0 Å². The summed E-state index contributed by atoms with van der Waals surface area (Å²) >= 11 is 0. The number of aliphatic carboxylic acids is 1. The Morgan fingerprint density at radius 3 is 2.45 bits per heavy atom. The summed E-state index contributed by atoms with van der Waals surface area (Å²) in [6.45, 7) is 5.46. The quantitative estimate of drug-likeness (QED) is 0.239. The summed E-state index contributed by atoms with van der Waals surface area (Å²) in [5.74, 6) is -2.67. The van der Waals surface area contributed by atoms with E-state index in [2.05, 4.69) is 10.6 Å². The Hall–Kier alpha value is -2.56. The summed E-state index contributed by atoms with van der Waals surface area (Å²) in [5, 5.41) is 22.8. The Morgan fingerprint density at radius 2 is 2.00 bits per heavy atom. The number of carboxylic acids is 1. The summed E-state index contributed by atoms with van der Waals surface area (Å²) in [6, 6.07) is 0.596. The van der Waals surface area contributed by atoms with Crippen molar-refractivity contribution in [2.24, 2.45) is 5.92 Å². The number of nitriles is 1. The van der Waals surface area contributed by atoms with Crippen molar-refractivity contribution in [2.75, 3.05) is 13.2 Å². The summed E-state index contributed by atoms with van der Waals surface area (Å²) in [7, 11) is 0. The van der Waals surface area contributed by atoms with E-state index in [-0.39, 0.29) is 31.1 Å². The highest BCUT2D eigenvalue weighted by Crippen LogP contribution is 2.03. The summed E-state index contributed by atoms with van der Waals surface area (Å²) in [5.41, 5.74) is -0.268. The number of hydrogen-bond acceptors (Lipinski definition) is 6. The van der Waals surface area contributed by atoms with E-state index in [0.717, 1.165) is 6.20 Å². The largest absolute Gasteiger partial charge is 0.480 e. The number of ether oxygens (including phenoxy) is 1. The first-order valence-electron chi connectivity index (χ1n) is 6.86. The molecule has 0 spiro atoms. The van der Waals surface area contributed by atoms with Crippen LogP contribution < -0.4 is 10.6 Å². The first kappa shape index (κ1) is 19.4. The smallest absolute Gasteiger partial charge is 0.326 e. The molecule has 0 aromatic rings. The third kappa shape index (κ3) is 7.28. The van der Waals surface area contributed by atoms with Gasteiger partial charge in [0.2, 0.25) is 0 Å². The van der Waals surface area contributed by atoms with Crippen molar-refractivity contribution in [1.29, 1.82) is 5.26 Å². The van der Waals surface area contributed by atoms with Crippen LogP contribution in [-0.2, 0) is 19.1 Å². The zero-order valence-electron chi connectivity index (χ0n) is 12.9. The topological polar surface area (TPSA) is 129 Å². The van der Waals surface area contributed by atoms with Crippen LogP contribution in [0.3, 0.4) is 0 Å². The molecule has 0 aromatic heterocycles. The third-order valence-electron chi connectivity index (χ3n) is 2.61. The Labute approximate surface area is 129 Å². The standard InChI is InChI=1S/C14H21N3O5/c1-4-22-11(18)5-6-16-8-10(7-15)13(19)17-12(9(2)3)14(20)21/h8-9,12,16H,4-6H2,1-3H3,(H,17,19)(H,20,21)/b10-8-. The fourth-order valence-electron chi connectivity index (χ4n) is 1.46. The molecule has 0 aliphatic carbocycles. The molecule has 22 heavy (non-hydrogen) atoms. The average molecular weight is 311 g/mol. The van der Waals surface area contributed by atoms with Crippen LogP contribution in [0.1, 0.15) is 27.2 Å². The fourth-order valence-corrected chi connectivity index (χ4v) is 1.46. The molecule has 8 heteroatoms. The zero-order chi connectivity index (χ0) is 17.1. The number of rotatable bonds is 9. The van der Waals surface area contributed by atoms with E-state index in [4.69, 9.17) is 15.1 Å². The molecule has 0 radical (unpaired) electrons. The molecule has 1 unspecified atom stereocenters. The molecule has 0 saturated carbocycles. The van der Waals surface area contributed by atoms with Crippen LogP contribution in [0, 0.1) is 17.2 Å². The van der Waals surface area contributed by atoms with Crippen molar-refractivity contribution in [3.8, 4) is 6.07 Å². The second-order valence-electron chi connectivity index (χ2n) is 4.71. The zero-order valence-corrected chi connectivity index (χ0v) is 12.9. The van der Waals surface area contributed by atoms with E-state index in [1.54, 1.807) is 26.8 Å². The van der Waals surface area contributed by atoms with Gasteiger partial charge in [-0.05, 0) is 12.8 Å². The van der Waals surface area contributed by atoms with Gasteiger partial charge in [0.1, 0.15) is 17.7 Å². The minimum absolute atomic E-state index is 0.0917. The van der Waals surface area contributed by atoms with Gasteiger partial charge in [0, 0.05) is 12.7 Å². The van der Waals surface area contributed by atoms with Gasteiger partial charge in [0.15, 0.2) is 0 Å². The van der Waals surface area contributed by atoms with Gasteiger partial charge in [-0.1, -0.05) is 13.8 Å². The second kappa shape index (κ2) is 10.2. The number of nitrogens with one attached hydrogen (secondary N) is 2. The van der Waals surface area contributed by atoms with Gasteiger partial charge in [0.05, 0.1) is 13.0 Å². The highest BCUT2D eigenvalue weighted by atomic mass is 16.5. The number of amides is 1. The fraction of sp³-hybridized carbons (Fsp3) is 0.571. The Kier molecular flexibility index (Phi) is 9.02. The van der Waals surface area contributed by atoms with Gasteiger partial charge in [-0.25, -0.2) is 4.79 Å². The first-order valence-corrected chi connectivity index (χ1v) is 6.86. The Morgan fingerprint density at radius 1 is 1.36 bits per heavy atom. The van der Waals surface area contributed by atoms with Crippen LogP contribution in [0.5, 0.6) is 0 Å². The lowest BCUT2D eigenvalue weighted by Crippen LogP contribution is -2.44. The number of carboxylic acid groups (broad SMARTS) is 1. The van der Waals surface area contributed by atoms with Gasteiger partial charge in [-0.3, -0.25) is 9.59 Å². The van der Waals surface area contributed by atoms with Gasteiger partial charge in [0.25, 0.3) is 5.91 Å². The molecule has 1 atom stereocenters. The maximum Gasteiger partial charge on any atom is 0.326 e. The molecule has 0 fully saturated rings. The molecule has 1 amide bonds. The predicted molar refractivity (Wildman–Crippen MR) is 77.4 cm³/mol. The molecule has 8 nitrogen and oxygen atoms in total. The van der Waals surface area contributed by atoms with Crippen LogP contribution in [0.15, 0.2) is 11.8 Å². The molecule has 0 rings (SSSR count). The lowest BCUT2D eigenvalue weighted by atomic mass is 10.0. The minimum Gasteiger partial charge on any atom is -0.480 e. The van der Waals surface area contributed by atoms with E-state index in [9.17, 15) is 14.4 Å². The first-order chi connectivity index (χ1) is 10.3. The third-order valence-corrected chi connectivity index (χ3v) is 2.61. The summed E-state index contributed by atoms with van der Waals surface area (Å²) in [6.07, 6.45) is 1.24. The molecule has 0 bridgehead atoms. The maximum absolute atomic E-state index is 11.8. The van der Waals surface area contributed by atoms with Crippen molar-refractivity contribution in [3.05, 3.63) is 11.8 Å². The van der Waals surface area contributed by atoms with Crippen LogP contribution in [-0.4, -0.2) is 42.1 Å². The van der Waals surface area contributed by atoms with Crippen LogP contribution >= 0.6 is 0 Å². The number of hydrogen-bond donors (Lipinski definition) is 3. The van der Waals surface area contributed by atoms with Crippen LogP contribution in [0.2, 0.25) is 0 Å². The molecule has 0 aliphatic heterocycles. The summed E-state index contributed by atoms with van der Waals surface area (Å²) < 4.78 is 4.72. The average Bonchev–Trinajstić information content (AvgIpc) is 2.44. The number of esters is 1. The van der Waals surface area contributed by atoms with Gasteiger partial charge in [-0.2, -0.15) is 5.26 Å². The molecule has 0 heterocycles. The van der Waals surface area contributed by atoms with E-state index >= 15 is 0 Å². The Bertz CT molecular complexity index is 479. The predicted octanol–water partition coefficient (Wildman–Crippen LogP) is 0.162. The lowest BCUT2D eigenvalue weighted by molar-refractivity contribution is -0.143. The number of carbonyl (C=O) groups excluding carboxylic acids is 2. The summed E-state index contributed by atoms with van der Waals surface area (Å²) in [4.78, 5) is 33.9. The second-order valence-corrected chi connectivity index (χ2v) is 4.71. The molecule has 0 saturated heterocycles. The lowest BCUT2D eigenvalue weighted by Gasteiger charge is -2.17. The van der Waals surface area contributed by atoms with Crippen LogP contribution in [0.25, 0.3) is 0 Å². The Balaban J connectivity index is 4.53. The van der Waals surface area contributed by atoms with Crippen molar-refractivity contribution in [1.82, 2.24) is 10.6 Å². The van der Waals surface area contributed by atoms with Gasteiger partial charge >= 0.3 is 11.9 Å². The molecular formula is C14H21N3O5. The molecular weight excluding hydrogens is 290 g/mol. The normalized spacial score (nSPS) is 12.2. The van der Waals surface area contributed by atoms with Crippen molar-refractivity contribution in [2.45, 2.75) is 33.2 Å². The number of carbonyl (C=O) groups is 3. The van der Waals surface area contributed by atoms with E-state index in [0.29, 0.717) is 0 Å².